The Kier molecular flexibility index (Phi) is 4.13. The summed E-state index contributed by atoms with van der Waals surface area (Å²) in [6.07, 6.45) is 1.89. The summed E-state index contributed by atoms with van der Waals surface area (Å²) >= 11 is 0. The molecule has 4 aromatic rings. The fourth-order valence-corrected chi connectivity index (χ4v) is 4.16. The summed E-state index contributed by atoms with van der Waals surface area (Å²) in [5.74, 6) is 0.618. The van der Waals surface area contributed by atoms with E-state index in [-0.39, 0.29) is 5.56 Å². The lowest BCUT2D eigenvalue weighted by Crippen LogP contribution is -2.54. The quantitative estimate of drug-likeness (QED) is 0.568. The number of hydrogen-bond donors (Lipinski definition) is 1. The maximum Gasteiger partial charge on any atom is 0.258 e. The molecule has 0 saturated carbocycles. The highest BCUT2D eigenvalue weighted by atomic mass is 16.3. The minimum Gasteiger partial charge on any atom is -0.441 e. The van der Waals surface area contributed by atoms with Crippen molar-refractivity contribution in [2.45, 2.75) is 32.9 Å². The lowest BCUT2D eigenvalue weighted by Gasteiger charge is -2.37. The SMILES string of the molecule is Cc1nc2ccc(-c3cc(=O)n4cc(N5C[C@@H](C)N[C@@H](C)C5)ccc4n3)cc2o1. The Morgan fingerprint density at radius 3 is 2.66 bits per heavy atom. The number of aromatic nitrogens is 3. The Bertz CT molecular complexity index is 1270. The second-order valence-corrected chi connectivity index (χ2v) is 7.88. The third kappa shape index (κ3) is 3.27. The van der Waals surface area contributed by atoms with Gasteiger partial charge in [0.15, 0.2) is 11.5 Å². The van der Waals surface area contributed by atoms with Crippen molar-refractivity contribution < 1.29 is 4.42 Å². The van der Waals surface area contributed by atoms with E-state index in [0.29, 0.717) is 34.9 Å². The van der Waals surface area contributed by atoms with Crippen molar-refractivity contribution in [2.75, 3.05) is 18.0 Å². The molecule has 5 rings (SSSR count). The summed E-state index contributed by atoms with van der Waals surface area (Å²) in [4.78, 5) is 24.2. The van der Waals surface area contributed by atoms with Crippen LogP contribution in [0.4, 0.5) is 5.69 Å². The van der Waals surface area contributed by atoms with E-state index in [1.807, 2.05) is 43.5 Å². The zero-order chi connectivity index (χ0) is 20.1. The maximum atomic E-state index is 12.9. The van der Waals surface area contributed by atoms with Gasteiger partial charge in [0.25, 0.3) is 5.56 Å². The van der Waals surface area contributed by atoms with Gasteiger partial charge in [-0.2, -0.15) is 0 Å². The molecular weight excluding hydrogens is 366 g/mol. The summed E-state index contributed by atoms with van der Waals surface area (Å²) in [5, 5.41) is 3.53. The number of fused-ring (bicyclic) bond motifs is 2. The summed E-state index contributed by atoms with van der Waals surface area (Å²) in [5.41, 5.74) is 4.52. The molecule has 0 radical (unpaired) electrons. The maximum absolute atomic E-state index is 12.9. The molecule has 1 fully saturated rings. The zero-order valence-electron chi connectivity index (χ0n) is 16.7. The average Bonchev–Trinajstić information content (AvgIpc) is 3.06. The minimum absolute atomic E-state index is 0.100. The Morgan fingerprint density at radius 1 is 1.07 bits per heavy atom. The number of pyridine rings is 1. The van der Waals surface area contributed by atoms with Crippen LogP contribution >= 0.6 is 0 Å². The Morgan fingerprint density at radius 2 is 1.86 bits per heavy atom. The van der Waals surface area contributed by atoms with Crippen LogP contribution in [0.5, 0.6) is 0 Å². The number of nitrogens with one attached hydrogen (secondary N) is 1. The molecule has 0 amide bonds. The highest BCUT2D eigenvalue weighted by Gasteiger charge is 2.21. The van der Waals surface area contributed by atoms with E-state index in [0.717, 1.165) is 29.9 Å². The van der Waals surface area contributed by atoms with Gasteiger partial charge in [0.1, 0.15) is 11.2 Å². The highest BCUT2D eigenvalue weighted by molar-refractivity contribution is 5.79. The topological polar surface area (TPSA) is 75.7 Å². The Hall–Kier alpha value is -3.19. The number of benzene rings is 1. The lowest BCUT2D eigenvalue weighted by molar-refractivity contribution is 0.407. The van der Waals surface area contributed by atoms with Crippen LogP contribution in [0.15, 0.2) is 51.8 Å². The van der Waals surface area contributed by atoms with Crippen LogP contribution in [0.3, 0.4) is 0 Å². The molecule has 1 N–H and O–H groups in total. The van der Waals surface area contributed by atoms with E-state index in [4.69, 9.17) is 9.40 Å². The van der Waals surface area contributed by atoms with E-state index in [2.05, 4.69) is 29.0 Å². The smallest absolute Gasteiger partial charge is 0.258 e. The molecule has 0 bridgehead atoms. The normalized spacial score (nSPS) is 19.9. The molecule has 1 aromatic carbocycles. The number of rotatable bonds is 2. The van der Waals surface area contributed by atoms with E-state index in [9.17, 15) is 4.79 Å². The van der Waals surface area contributed by atoms with Crippen molar-refractivity contribution in [3.63, 3.8) is 0 Å². The number of piperazine rings is 1. The molecule has 148 valence electrons. The van der Waals surface area contributed by atoms with E-state index in [1.165, 1.54) is 0 Å². The molecule has 0 unspecified atom stereocenters. The number of hydrogen-bond acceptors (Lipinski definition) is 6. The second-order valence-electron chi connectivity index (χ2n) is 7.88. The van der Waals surface area contributed by atoms with Gasteiger partial charge in [-0.25, -0.2) is 9.97 Å². The molecule has 0 aliphatic carbocycles. The van der Waals surface area contributed by atoms with Gasteiger partial charge in [0.05, 0.1) is 11.4 Å². The molecule has 1 aliphatic rings. The lowest BCUT2D eigenvalue weighted by atomic mass is 10.1. The van der Waals surface area contributed by atoms with E-state index < -0.39 is 0 Å². The number of anilines is 1. The number of aryl methyl sites for hydroxylation is 1. The van der Waals surface area contributed by atoms with Gasteiger partial charge in [-0.15, -0.1) is 0 Å². The second kappa shape index (κ2) is 6.70. The monoisotopic (exact) mass is 389 g/mol. The van der Waals surface area contributed by atoms with Gasteiger partial charge in [0, 0.05) is 49.9 Å². The van der Waals surface area contributed by atoms with Gasteiger partial charge in [-0.1, -0.05) is 6.07 Å². The van der Waals surface area contributed by atoms with Crippen molar-refractivity contribution >= 4 is 22.4 Å². The summed E-state index contributed by atoms with van der Waals surface area (Å²) in [6, 6.07) is 12.0. The molecule has 7 nitrogen and oxygen atoms in total. The van der Waals surface area contributed by atoms with Crippen LogP contribution in [0, 0.1) is 6.92 Å². The van der Waals surface area contributed by atoms with E-state index in [1.54, 1.807) is 10.5 Å². The van der Waals surface area contributed by atoms with Gasteiger partial charge in [0.2, 0.25) is 0 Å². The Balaban J connectivity index is 1.55. The molecule has 29 heavy (non-hydrogen) atoms. The van der Waals surface area contributed by atoms with Crippen molar-refractivity contribution in [1.82, 2.24) is 19.7 Å². The first kappa shape index (κ1) is 17.9. The first-order valence-electron chi connectivity index (χ1n) is 9.88. The van der Waals surface area contributed by atoms with Crippen LogP contribution in [-0.4, -0.2) is 39.5 Å². The zero-order valence-corrected chi connectivity index (χ0v) is 16.7. The average molecular weight is 389 g/mol. The molecule has 1 aliphatic heterocycles. The van der Waals surface area contributed by atoms with Gasteiger partial charge in [-0.05, 0) is 38.1 Å². The highest BCUT2D eigenvalue weighted by Crippen LogP contribution is 2.24. The first-order valence-corrected chi connectivity index (χ1v) is 9.88. The van der Waals surface area contributed by atoms with Gasteiger partial charge < -0.3 is 14.6 Å². The predicted molar refractivity (Wildman–Crippen MR) is 113 cm³/mol. The van der Waals surface area contributed by atoms with Crippen LogP contribution in [0.1, 0.15) is 19.7 Å². The summed E-state index contributed by atoms with van der Waals surface area (Å²) in [6.45, 7) is 7.99. The molecule has 3 aromatic heterocycles. The summed E-state index contributed by atoms with van der Waals surface area (Å²) < 4.78 is 7.23. The third-order valence-corrected chi connectivity index (χ3v) is 5.36. The fraction of sp³-hybridized carbons (Fsp3) is 0.318. The molecule has 1 saturated heterocycles. The molecule has 0 spiro atoms. The molecule has 2 atom stereocenters. The third-order valence-electron chi connectivity index (χ3n) is 5.36. The van der Waals surface area contributed by atoms with Crippen molar-refractivity contribution in [3.8, 4) is 11.3 Å². The van der Waals surface area contributed by atoms with Crippen LogP contribution in [0.25, 0.3) is 28.0 Å². The molecule has 7 heteroatoms. The molecule has 4 heterocycles. The molecular formula is C22H23N5O2. The van der Waals surface area contributed by atoms with Gasteiger partial charge >= 0.3 is 0 Å². The predicted octanol–water partition coefficient (Wildman–Crippen LogP) is 3.00. The number of oxazole rings is 1. The summed E-state index contributed by atoms with van der Waals surface area (Å²) in [7, 11) is 0. The first-order chi connectivity index (χ1) is 14.0. The van der Waals surface area contributed by atoms with E-state index >= 15 is 0 Å². The number of nitrogens with zero attached hydrogens (tertiary/aromatic N) is 4. The van der Waals surface area contributed by atoms with Crippen LogP contribution in [-0.2, 0) is 0 Å². The largest absolute Gasteiger partial charge is 0.441 e. The standard InChI is InChI=1S/C22H23N5O2/c1-13-10-26(11-14(2)23-13)17-5-7-21-25-19(9-22(28)27(21)12-17)16-4-6-18-20(8-16)29-15(3)24-18/h4-9,12-14,23H,10-11H2,1-3H3/t13-,14+. The van der Waals surface area contributed by atoms with Crippen molar-refractivity contribution in [3.05, 3.63) is 58.8 Å². The van der Waals surface area contributed by atoms with Crippen LogP contribution in [0.2, 0.25) is 0 Å². The van der Waals surface area contributed by atoms with Gasteiger partial charge in [-0.3, -0.25) is 9.20 Å². The fourth-order valence-electron chi connectivity index (χ4n) is 4.16. The van der Waals surface area contributed by atoms with Crippen LogP contribution < -0.4 is 15.8 Å². The minimum atomic E-state index is -0.100. The van der Waals surface area contributed by atoms with Crippen molar-refractivity contribution in [2.24, 2.45) is 0 Å². The Labute approximate surface area is 168 Å². The van der Waals surface area contributed by atoms with Crippen molar-refractivity contribution in [1.29, 1.82) is 0 Å².